The van der Waals surface area contributed by atoms with E-state index in [0.29, 0.717) is 6.42 Å². The highest BCUT2D eigenvalue weighted by atomic mass is 16.3. The van der Waals surface area contributed by atoms with Gasteiger partial charge in [0.2, 0.25) is 0 Å². The zero-order valence-corrected chi connectivity index (χ0v) is 10.8. The van der Waals surface area contributed by atoms with Gasteiger partial charge in [-0.05, 0) is 17.4 Å². The van der Waals surface area contributed by atoms with Crippen molar-refractivity contribution in [3.63, 3.8) is 0 Å². The van der Waals surface area contributed by atoms with Gasteiger partial charge in [-0.3, -0.25) is 0 Å². The van der Waals surface area contributed by atoms with E-state index < -0.39 is 6.10 Å². The van der Waals surface area contributed by atoms with Crippen LogP contribution in [-0.2, 0) is 0 Å². The zero-order chi connectivity index (χ0) is 12.9. The molecule has 0 aliphatic carbocycles. The number of benzene rings is 1. The maximum Gasteiger partial charge on any atom is 0.0971 e. The number of rotatable bonds is 4. The van der Waals surface area contributed by atoms with Crippen LogP contribution in [0.25, 0.3) is 0 Å². The maximum atomic E-state index is 9.87. The Morgan fingerprint density at radius 2 is 1.71 bits per heavy atom. The Balaban J connectivity index is 2.50. The minimum Gasteiger partial charge on any atom is -0.392 e. The molecule has 94 valence electrons. The molecule has 0 aliphatic rings. The standard InChI is InChI=1S/C15H22O2/c1-15(2,3)14(17)11-7-10-13(16)12-8-5-4-6-9-12/h4-10,13-14,16-17H,11H2,1-3H3/b10-7+/t13-,14-/m0/s1. The third-order valence-electron chi connectivity index (χ3n) is 2.82. The molecule has 2 nitrogen and oxygen atoms in total. The van der Waals surface area contributed by atoms with Crippen molar-refractivity contribution < 1.29 is 10.2 Å². The van der Waals surface area contributed by atoms with Gasteiger partial charge >= 0.3 is 0 Å². The van der Waals surface area contributed by atoms with Crippen LogP contribution >= 0.6 is 0 Å². The van der Waals surface area contributed by atoms with Crippen LogP contribution in [0, 0.1) is 5.41 Å². The molecule has 0 amide bonds. The number of hydrogen-bond donors (Lipinski definition) is 2. The van der Waals surface area contributed by atoms with Crippen molar-refractivity contribution in [2.24, 2.45) is 5.41 Å². The SMILES string of the molecule is CC(C)(C)[C@@H](O)C/C=C/[C@H](O)c1ccccc1. The molecule has 0 aliphatic heterocycles. The smallest absolute Gasteiger partial charge is 0.0971 e. The van der Waals surface area contributed by atoms with Crippen LogP contribution in [0.5, 0.6) is 0 Å². The lowest BCUT2D eigenvalue weighted by Gasteiger charge is -2.24. The summed E-state index contributed by atoms with van der Waals surface area (Å²) in [6.45, 7) is 6.00. The Bertz CT molecular complexity index is 349. The summed E-state index contributed by atoms with van der Waals surface area (Å²) in [7, 11) is 0. The van der Waals surface area contributed by atoms with E-state index in [0.717, 1.165) is 5.56 Å². The lowest BCUT2D eigenvalue weighted by molar-refractivity contribution is 0.0656. The zero-order valence-electron chi connectivity index (χ0n) is 10.8. The molecule has 2 atom stereocenters. The fourth-order valence-corrected chi connectivity index (χ4v) is 1.45. The molecule has 0 aromatic heterocycles. The van der Waals surface area contributed by atoms with Crippen LogP contribution in [0.4, 0.5) is 0 Å². The Kier molecular flexibility index (Phi) is 4.91. The predicted molar refractivity (Wildman–Crippen MR) is 70.6 cm³/mol. The molecule has 2 N–H and O–H groups in total. The number of aliphatic hydroxyl groups is 2. The van der Waals surface area contributed by atoms with Gasteiger partial charge in [-0.1, -0.05) is 63.3 Å². The normalized spacial score (nSPS) is 16.1. The Morgan fingerprint density at radius 1 is 1.12 bits per heavy atom. The summed E-state index contributed by atoms with van der Waals surface area (Å²) in [4.78, 5) is 0. The van der Waals surface area contributed by atoms with Crippen LogP contribution in [0.1, 0.15) is 38.9 Å². The molecule has 0 bridgehead atoms. The van der Waals surface area contributed by atoms with Gasteiger partial charge in [0, 0.05) is 0 Å². The first-order chi connectivity index (χ1) is 7.91. The molecule has 0 saturated carbocycles. The number of hydrogen-bond acceptors (Lipinski definition) is 2. The van der Waals surface area contributed by atoms with E-state index in [1.54, 1.807) is 6.08 Å². The highest BCUT2D eigenvalue weighted by molar-refractivity contribution is 5.20. The van der Waals surface area contributed by atoms with Gasteiger partial charge in [0.25, 0.3) is 0 Å². The molecule has 0 radical (unpaired) electrons. The first kappa shape index (κ1) is 13.9. The van der Waals surface area contributed by atoms with E-state index in [2.05, 4.69) is 0 Å². The maximum absolute atomic E-state index is 9.87. The quantitative estimate of drug-likeness (QED) is 0.786. The Labute approximate surface area is 104 Å². The third kappa shape index (κ3) is 4.72. The predicted octanol–water partition coefficient (Wildman–Crippen LogP) is 3.07. The minimum atomic E-state index is -0.594. The van der Waals surface area contributed by atoms with Gasteiger partial charge in [0.05, 0.1) is 12.2 Å². The van der Waals surface area contributed by atoms with Gasteiger partial charge in [-0.15, -0.1) is 0 Å². The lowest BCUT2D eigenvalue weighted by Crippen LogP contribution is -2.25. The van der Waals surface area contributed by atoms with Crippen molar-refractivity contribution in [1.29, 1.82) is 0 Å². The second-order valence-electron chi connectivity index (χ2n) is 5.40. The summed E-state index contributed by atoms with van der Waals surface area (Å²) in [5.41, 5.74) is 0.746. The highest BCUT2D eigenvalue weighted by Gasteiger charge is 2.20. The summed E-state index contributed by atoms with van der Waals surface area (Å²) in [5, 5.41) is 19.7. The summed E-state index contributed by atoms with van der Waals surface area (Å²) >= 11 is 0. The second kappa shape index (κ2) is 5.99. The van der Waals surface area contributed by atoms with Gasteiger partial charge in [-0.2, -0.15) is 0 Å². The van der Waals surface area contributed by atoms with Gasteiger partial charge in [0.15, 0.2) is 0 Å². The first-order valence-electron chi connectivity index (χ1n) is 5.99. The average Bonchev–Trinajstić information content (AvgIpc) is 2.28. The van der Waals surface area contributed by atoms with Crippen LogP contribution in [0.2, 0.25) is 0 Å². The molecule has 2 heteroatoms. The Hall–Kier alpha value is -1.12. The van der Waals surface area contributed by atoms with Crippen molar-refractivity contribution in [3.8, 4) is 0 Å². The lowest BCUT2D eigenvalue weighted by atomic mass is 9.87. The van der Waals surface area contributed by atoms with Gasteiger partial charge < -0.3 is 10.2 Å². The van der Waals surface area contributed by atoms with E-state index in [1.165, 1.54) is 0 Å². The topological polar surface area (TPSA) is 40.5 Å². The minimum absolute atomic E-state index is 0.123. The van der Waals surface area contributed by atoms with Crippen molar-refractivity contribution in [1.82, 2.24) is 0 Å². The van der Waals surface area contributed by atoms with Crippen molar-refractivity contribution in [3.05, 3.63) is 48.0 Å². The largest absolute Gasteiger partial charge is 0.392 e. The summed E-state index contributed by atoms with van der Waals surface area (Å²) in [6.07, 6.45) is 3.15. The van der Waals surface area contributed by atoms with Crippen LogP contribution in [0.3, 0.4) is 0 Å². The molecule has 0 fully saturated rings. The first-order valence-corrected chi connectivity index (χ1v) is 5.99. The van der Waals surface area contributed by atoms with Crippen LogP contribution in [0.15, 0.2) is 42.5 Å². The molecular weight excluding hydrogens is 212 g/mol. The van der Waals surface area contributed by atoms with Gasteiger partial charge in [0.1, 0.15) is 0 Å². The molecular formula is C15H22O2. The van der Waals surface area contributed by atoms with Gasteiger partial charge in [-0.25, -0.2) is 0 Å². The molecule has 0 unspecified atom stereocenters. The molecule has 1 aromatic rings. The van der Waals surface area contributed by atoms with E-state index in [1.807, 2.05) is 57.2 Å². The monoisotopic (exact) mass is 234 g/mol. The average molecular weight is 234 g/mol. The van der Waals surface area contributed by atoms with E-state index in [4.69, 9.17) is 0 Å². The van der Waals surface area contributed by atoms with Crippen LogP contribution < -0.4 is 0 Å². The molecule has 1 rings (SSSR count). The molecule has 0 saturated heterocycles. The fraction of sp³-hybridized carbons (Fsp3) is 0.467. The van der Waals surface area contributed by atoms with E-state index >= 15 is 0 Å². The number of aliphatic hydroxyl groups excluding tert-OH is 2. The van der Waals surface area contributed by atoms with Crippen molar-refractivity contribution in [2.45, 2.75) is 39.4 Å². The van der Waals surface area contributed by atoms with E-state index in [9.17, 15) is 10.2 Å². The van der Waals surface area contributed by atoms with Crippen molar-refractivity contribution in [2.75, 3.05) is 0 Å². The van der Waals surface area contributed by atoms with E-state index in [-0.39, 0.29) is 11.5 Å². The highest BCUT2D eigenvalue weighted by Crippen LogP contribution is 2.22. The van der Waals surface area contributed by atoms with Crippen LogP contribution in [-0.4, -0.2) is 16.3 Å². The molecule has 1 aromatic carbocycles. The molecule has 0 heterocycles. The summed E-state index contributed by atoms with van der Waals surface area (Å²) < 4.78 is 0. The summed E-state index contributed by atoms with van der Waals surface area (Å²) in [6, 6.07) is 9.49. The third-order valence-corrected chi connectivity index (χ3v) is 2.82. The molecule has 17 heavy (non-hydrogen) atoms. The molecule has 0 spiro atoms. The Morgan fingerprint density at radius 3 is 2.24 bits per heavy atom. The van der Waals surface area contributed by atoms with Crippen molar-refractivity contribution >= 4 is 0 Å². The second-order valence-corrected chi connectivity index (χ2v) is 5.40. The fourth-order valence-electron chi connectivity index (χ4n) is 1.45. The summed E-state index contributed by atoms with van der Waals surface area (Å²) in [5.74, 6) is 0.